The van der Waals surface area contributed by atoms with Crippen LogP contribution in [0.1, 0.15) is 143 Å². The molecular weight excluding hydrogens is 1870 g/mol. The molecule has 19 amide bonds. The van der Waals surface area contributed by atoms with E-state index in [9.17, 15) is 156 Å². The van der Waals surface area contributed by atoms with E-state index < -0.39 is 347 Å². The molecule has 0 unspecified atom stereocenters. The minimum absolute atomic E-state index is 0.0242. The molecule has 141 heavy (non-hydrogen) atoms. The van der Waals surface area contributed by atoms with Crippen LogP contribution in [0.15, 0.2) is 67.1 Å². The molecule has 2 aromatic carbocycles. The van der Waals surface area contributed by atoms with Crippen molar-refractivity contribution in [2.45, 2.75) is 254 Å². The van der Waals surface area contributed by atoms with Gasteiger partial charge < -0.3 is 164 Å². The van der Waals surface area contributed by atoms with Gasteiger partial charge in [-0.25, -0.2) is 9.78 Å². The fourth-order valence-electron chi connectivity index (χ4n) is 13.1. The summed E-state index contributed by atoms with van der Waals surface area (Å²) < 4.78 is 0. The van der Waals surface area contributed by atoms with Gasteiger partial charge in [-0.15, -0.1) is 0 Å². The van der Waals surface area contributed by atoms with E-state index in [-0.39, 0.29) is 37.1 Å². The quantitative estimate of drug-likeness (QED) is 0.0233. The van der Waals surface area contributed by atoms with Crippen molar-refractivity contribution < 1.29 is 156 Å². The van der Waals surface area contributed by atoms with Crippen LogP contribution < -0.4 is 113 Å². The van der Waals surface area contributed by atoms with Gasteiger partial charge in [0.15, 0.2) is 0 Å². The van der Waals surface area contributed by atoms with Gasteiger partial charge in [0, 0.05) is 44.7 Å². The lowest BCUT2D eigenvalue weighted by Gasteiger charge is -2.28. The van der Waals surface area contributed by atoms with E-state index in [1.807, 2.05) is 0 Å². The zero-order valence-corrected chi connectivity index (χ0v) is 78.6. The molecule has 55 nitrogen and oxygen atoms in total. The molecular formula is C86H129N23O32. The van der Waals surface area contributed by atoms with Gasteiger partial charge in [-0.3, -0.25) is 105 Å². The number of aromatic hydroxyl groups is 1. The molecule has 0 aliphatic heterocycles. The Hall–Kier alpha value is -15.0. The molecule has 0 saturated heterocycles. The Bertz CT molecular complexity index is 4800. The van der Waals surface area contributed by atoms with Gasteiger partial charge in [0.2, 0.25) is 112 Å². The predicted molar refractivity (Wildman–Crippen MR) is 488 cm³/mol. The number of unbranched alkanes of at least 4 members (excludes halogenated alkanes) is 1. The summed E-state index contributed by atoms with van der Waals surface area (Å²) in [7, 11) is 0. The van der Waals surface area contributed by atoms with E-state index >= 15 is 0 Å². The number of carboxylic acid groups (broad SMARTS) is 4. The molecule has 1 aromatic heterocycles. The Balaban J connectivity index is 1.81. The van der Waals surface area contributed by atoms with Gasteiger partial charge in [0.05, 0.1) is 63.5 Å². The van der Waals surface area contributed by atoms with Crippen LogP contribution in [0.5, 0.6) is 5.75 Å². The minimum Gasteiger partial charge on any atom is -0.508 e. The Morgan fingerprint density at radius 2 is 0.759 bits per heavy atom. The molecule has 1 heterocycles. The second-order valence-corrected chi connectivity index (χ2v) is 33.6. The van der Waals surface area contributed by atoms with Gasteiger partial charge in [-0.05, 0) is 114 Å². The number of hydrogen-bond acceptors (Lipinski definition) is 31. The van der Waals surface area contributed by atoms with Crippen molar-refractivity contribution in [2.75, 3.05) is 39.5 Å². The molecule has 3 rings (SSSR count). The van der Waals surface area contributed by atoms with E-state index in [1.54, 1.807) is 19.9 Å². The van der Waals surface area contributed by atoms with Gasteiger partial charge >= 0.3 is 23.9 Å². The van der Waals surface area contributed by atoms with Crippen molar-refractivity contribution >= 4 is 136 Å². The van der Waals surface area contributed by atoms with Crippen molar-refractivity contribution in [2.24, 2.45) is 29.0 Å². The molecule has 18 atom stereocenters. The van der Waals surface area contributed by atoms with E-state index in [4.69, 9.17) is 17.2 Å². The van der Waals surface area contributed by atoms with Gasteiger partial charge in [-0.2, -0.15) is 0 Å². The third-order valence-electron chi connectivity index (χ3n) is 20.9. The van der Waals surface area contributed by atoms with Crippen LogP contribution in [0, 0.1) is 11.8 Å². The Morgan fingerprint density at radius 1 is 0.376 bits per heavy atom. The zero-order valence-electron chi connectivity index (χ0n) is 78.6. The molecule has 55 heteroatoms. The smallest absolute Gasteiger partial charge is 0.326 e. The molecule has 0 aliphatic carbocycles. The fourth-order valence-corrected chi connectivity index (χ4v) is 13.1. The Labute approximate surface area is 807 Å². The first kappa shape index (κ1) is 120. The number of aliphatic carboxylic acids is 4. The number of benzene rings is 2. The summed E-state index contributed by atoms with van der Waals surface area (Å²) in [4.78, 5) is 313. The van der Waals surface area contributed by atoms with Crippen LogP contribution in [0.2, 0.25) is 0 Å². The summed E-state index contributed by atoms with van der Waals surface area (Å²) in [6.45, 7) is 4.93. The lowest BCUT2D eigenvalue weighted by atomic mass is 10.00. The third-order valence-corrected chi connectivity index (χ3v) is 20.9. The number of carboxylic acids is 4. The van der Waals surface area contributed by atoms with E-state index in [0.717, 1.165) is 6.92 Å². The van der Waals surface area contributed by atoms with Crippen LogP contribution >= 0.6 is 0 Å². The summed E-state index contributed by atoms with van der Waals surface area (Å²) in [5, 5.41) is 132. The highest BCUT2D eigenvalue weighted by Gasteiger charge is 2.40. The highest BCUT2D eigenvalue weighted by Crippen LogP contribution is 2.16. The number of aliphatic hydroxyl groups excluding tert-OH is 4. The van der Waals surface area contributed by atoms with Crippen molar-refractivity contribution in [3.8, 4) is 5.75 Å². The zero-order chi connectivity index (χ0) is 106. The maximum absolute atomic E-state index is 14.6. The Morgan fingerprint density at radius 3 is 1.21 bits per heavy atom. The number of hydrogen-bond donors (Lipinski definition) is 31. The molecule has 0 radical (unpaired) electrons. The molecule has 0 aliphatic rings. The van der Waals surface area contributed by atoms with Crippen LogP contribution in [0.4, 0.5) is 0 Å². The summed E-state index contributed by atoms with van der Waals surface area (Å²) in [6.07, 6.45) is -4.24. The topological polar surface area (TPSA) is 898 Å². The van der Waals surface area contributed by atoms with Crippen LogP contribution in [-0.2, 0) is 130 Å². The number of phenols is 1. The largest absolute Gasteiger partial charge is 0.508 e. The lowest BCUT2D eigenvalue weighted by molar-refractivity contribution is -0.142. The van der Waals surface area contributed by atoms with E-state index in [2.05, 4.69) is 106 Å². The monoisotopic (exact) mass is 2000 g/mol. The lowest BCUT2D eigenvalue weighted by Crippen LogP contribution is -2.62. The summed E-state index contributed by atoms with van der Waals surface area (Å²) in [5.74, 6) is -29.8. The SMILES string of the molecule is CC(C)C[C@H](NC(=O)[C@H](Cc1ccc(O)cc1)NC(=O)[C@H](CO)NC(=O)[C@H](CO)NC(=O)[C@@H](NC(=O)[C@H](CC(=O)O)NC(=O)[C@H](CO)NC(=O)[C@H](Cc1ccccc1)NC(=O)[C@@H](NC(=O)CNC(=O)[C@H](CCC(=O)O)NC(=O)[C@H](C)NC(=O)[C@@H](N)Cc1c[nH]cn1)[C@@H](C)O)C(C)C)C(=O)N[C@@H](CCC(=O)O)C(=O)NCC(=O)N[C@@H](CCC(N)=O)C(=O)N[C@@H](C)C(=O)N[C@@H](C)C(=O)N[C@@H](CCCCN)C(=O)O. The van der Waals surface area contributed by atoms with Crippen LogP contribution in [0.25, 0.3) is 0 Å². The van der Waals surface area contributed by atoms with Crippen LogP contribution in [-0.4, -0.2) is 340 Å². The van der Waals surface area contributed by atoms with Gasteiger partial charge in [0.25, 0.3) is 0 Å². The number of nitrogens with two attached hydrogens (primary N) is 3. The number of aromatic amines is 1. The maximum Gasteiger partial charge on any atom is 0.326 e. The average molecular weight is 2000 g/mol. The molecule has 0 bridgehead atoms. The second-order valence-electron chi connectivity index (χ2n) is 33.6. The summed E-state index contributed by atoms with van der Waals surface area (Å²) in [6, 6.07) is -16.6. The normalized spacial score (nSPS) is 14.9. The number of nitrogens with zero attached hydrogens (tertiary/aromatic N) is 1. The van der Waals surface area contributed by atoms with Crippen LogP contribution in [0.3, 0.4) is 0 Å². The molecule has 780 valence electrons. The van der Waals surface area contributed by atoms with Crippen molar-refractivity contribution in [3.05, 3.63) is 83.9 Å². The van der Waals surface area contributed by atoms with Crippen molar-refractivity contribution in [3.63, 3.8) is 0 Å². The van der Waals surface area contributed by atoms with Crippen molar-refractivity contribution in [1.29, 1.82) is 0 Å². The number of imidazole rings is 1. The maximum atomic E-state index is 14.6. The number of amides is 19. The number of primary amides is 1. The molecule has 0 fully saturated rings. The number of aliphatic hydroxyl groups is 4. The van der Waals surface area contributed by atoms with E-state index in [0.29, 0.717) is 24.1 Å². The Kier molecular flexibility index (Phi) is 52.3. The average Bonchev–Trinajstić information content (AvgIpc) is 1.23. The summed E-state index contributed by atoms with van der Waals surface area (Å²) in [5.41, 5.74) is 17.7. The predicted octanol–water partition coefficient (Wildman–Crippen LogP) is -11.7. The first-order valence-electron chi connectivity index (χ1n) is 44.6. The highest BCUT2D eigenvalue weighted by atomic mass is 16.4. The molecule has 3 aromatic rings. The third kappa shape index (κ3) is 44.6. The first-order valence-corrected chi connectivity index (χ1v) is 44.6. The fraction of sp³-hybridized carbons (Fsp3) is 0.558. The van der Waals surface area contributed by atoms with E-state index in [1.165, 1.54) is 95.7 Å². The summed E-state index contributed by atoms with van der Waals surface area (Å²) >= 11 is 0. The molecule has 0 spiro atoms. The number of H-pyrrole nitrogens is 1. The number of nitrogens with one attached hydrogen (secondary N) is 19. The highest BCUT2D eigenvalue weighted by molar-refractivity contribution is 6.02. The molecule has 34 N–H and O–H groups in total. The first-order chi connectivity index (χ1) is 66.3. The number of phenolic OH excluding ortho intramolecular Hbond substituents is 1. The van der Waals surface area contributed by atoms with Gasteiger partial charge in [0.1, 0.15) is 102 Å². The van der Waals surface area contributed by atoms with Crippen molar-refractivity contribution in [1.82, 2.24) is 106 Å². The van der Waals surface area contributed by atoms with Gasteiger partial charge in [-0.1, -0.05) is 70.2 Å². The minimum atomic E-state index is -2.19. The second kappa shape index (κ2) is 61.4. The number of carbonyl (C=O) groups is 23. The number of aromatic nitrogens is 2. The number of carbonyl (C=O) groups excluding carboxylic acids is 19. The molecule has 0 saturated carbocycles. The standard InChI is InChI=1S/C86H129N23O32/c1-40(2)28-55(77(131)99-52(23-26-66(120)121)75(129)91-34-63(116)97-53(21-24-62(89)115)76(130)96-42(5)70(124)94-43(6)72(126)100-54(86(140)141)16-12-13-27-87)101-78(132)56(30-47-17-19-49(114)20-18-47)102-81(135)60(37-111)106-83(137)61(38-112)107-84(138)68(41(3)4)109-80(134)58(32-67(122)123)103-82(136)59(36-110)105-79(133)57(29-46-14-10-9-11-15-46)104-85(139)69(45(8)113)108-64(117)35-92-74(128)51(22-25-65(118)119)98-71(125)44(7)95-73(127)50(88)31-48-33-90-39-93-48/h9-11,14-15,17-20,33,39-45,50-61,68-69,110-114H,12-13,16,21-32,34-38,87-88H2,1-8H3,(H2,89,115)(H,90,93)(H,91,129)(H,92,128)(H,94,124)(H,95,127)(H,96,130)(H,97,116)(H,98,125)(H,99,131)(H,100,126)(H,101,132)(H,102,135)(H,103,136)(H,104,139)(H,105,133)(H,106,137)(H,107,138)(H,108,117)(H,109,134)(H,118,119)(H,120,121)(H,122,123)(H,140,141)/t42-,43-,44-,45+,50-,51-,52-,53-,54-,55-,56-,57-,58-,59-,60-,61-,68-,69-/m0/s1. The number of rotatable bonds is 65.